The lowest BCUT2D eigenvalue weighted by Gasteiger charge is -2.11. The van der Waals surface area contributed by atoms with E-state index in [2.05, 4.69) is 5.32 Å². The molecule has 2 rings (SSSR count). The Morgan fingerprint density at radius 3 is 2.52 bits per heavy atom. The Morgan fingerprint density at radius 1 is 1.13 bits per heavy atom. The molecule has 3 nitrogen and oxygen atoms in total. The third kappa shape index (κ3) is 6.49. The van der Waals surface area contributed by atoms with Gasteiger partial charge in [0.15, 0.2) is 0 Å². The van der Waals surface area contributed by atoms with Gasteiger partial charge in [-0.1, -0.05) is 72.3 Å². The smallest absolute Gasteiger partial charge is 0.223 e. The molecule has 0 aliphatic carbocycles. The van der Waals surface area contributed by atoms with Crippen molar-refractivity contribution in [2.45, 2.75) is 25.9 Å². The van der Waals surface area contributed by atoms with Crippen LogP contribution in [0.4, 0.5) is 0 Å². The van der Waals surface area contributed by atoms with Crippen molar-refractivity contribution in [2.24, 2.45) is 0 Å². The first-order valence-electron chi connectivity index (χ1n) is 7.85. The van der Waals surface area contributed by atoms with E-state index in [1.807, 2.05) is 73.7 Å². The van der Waals surface area contributed by atoms with Crippen LogP contribution in [0, 0.1) is 6.92 Å². The lowest BCUT2D eigenvalue weighted by Crippen LogP contribution is -2.32. The molecular weight excluding hydrogens is 286 g/mol. The van der Waals surface area contributed by atoms with Crippen LogP contribution in [0.2, 0.25) is 0 Å². The number of nitrogens with one attached hydrogen (secondary N) is 1. The summed E-state index contributed by atoms with van der Waals surface area (Å²) in [6.45, 7) is 2.31. The van der Waals surface area contributed by atoms with Gasteiger partial charge in [0.05, 0.1) is 6.10 Å². The van der Waals surface area contributed by atoms with Crippen LogP contribution in [0.5, 0.6) is 0 Å². The fraction of sp³-hybridized carbons (Fsp3) is 0.250. The van der Waals surface area contributed by atoms with Crippen LogP contribution >= 0.6 is 0 Å². The predicted octanol–water partition coefficient (Wildman–Crippen LogP) is 3.12. The van der Waals surface area contributed by atoms with E-state index in [1.165, 1.54) is 5.56 Å². The van der Waals surface area contributed by atoms with Gasteiger partial charge in [-0.25, -0.2) is 0 Å². The van der Waals surface area contributed by atoms with Crippen molar-refractivity contribution in [3.63, 3.8) is 0 Å². The van der Waals surface area contributed by atoms with E-state index >= 15 is 0 Å². The molecule has 1 atom stereocenters. The van der Waals surface area contributed by atoms with Crippen LogP contribution < -0.4 is 5.32 Å². The number of aliphatic hydroxyl groups is 1. The zero-order valence-corrected chi connectivity index (χ0v) is 13.4. The molecule has 2 aromatic carbocycles. The molecule has 0 saturated carbocycles. The minimum Gasteiger partial charge on any atom is -0.391 e. The van der Waals surface area contributed by atoms with Crippen LogP contribution in [-0.2, 0) is 11.2 Å². The highest BCUT2D eigenvalue weighted by atomic mass is 16.3. The molecule has 2 N–H and O–H groups in total. The summed E-state index contributed by atoms with van der Waals surface area (Å²) < 4.78 is 0. The second-order valence-corrected chi connectivity index (χ2v) is 5.66. The number of carbonyl (C=O) groups is 1. The Bertz CT molecular complexity index is 632. The highest BCUT2D eigenvalue weighted by Gasteiger charge is 2.07. The molecule has 1 unspecified atom stereocenters. The SMILES string of the molecule is Cc1ccc(/C=C/CC(=O)NCC(O)Cc2ccccc2)cc1. The zero-order valence-electron chi connectivity index (χ0n) is 13.4. The molecule has 0 aromatic heterocycles. The summed E-state index contributed by atoms with van der Waals surface area (Å²) in [6.07, 6.45) is 4.05. The number of aryl methyl sites for hydroxylation is 1. The second kappa shape index (κ2) is 8.91. The van der Waals surface area contributed by atoms with E-state index < -0.39 is 6.10 Å². The minimum absolute atomic E-state index is 0.0829. The Labute approximate surface area is 137 Å². The maximum absolute atomic E-state index is 11.8. The van der Waals surface area contributed by atoms with Crippen molar-refractivity contribution in [2.75, 3.05) is 6.54 Å². The Kier molecular flexibility index (Phi) is 6.57. The van der Waals surface area contributed by atoms with Crippen molar-refractivity contribution in [3.05, 3.63) is 77.4 Å². The predicted molar refractivity (Wildman–Crippen MR) is 94.0 cm³/mol. The molecule has 0 spiro atoms. The Balaban J connectivity index is 1.69. The van der Waals surface area contributed by atoms with E-state index in [0.717, 1.165) is 11.1 Å². The Hall–Kier alpha value is -2.39. The number of rotatable bonds is 7. The normalized spacial score (nSPS) is 12.3. The maximum atomic E-state index is 11.8. The summed E-state index contributed by atoms with van der Waals surface area (Å²) >= 11 is 0. The van der Waals surface area contributed by atoms with Gasteiger partial charge in [0.2, 0.25) is 5.91 Å². The van der Waals surface area contributed by atoms with Crippen molar-refractivity contribution < 1.29 is 9.90 Å². The molecule has 23 heavy (non-hydrogen) atoms. The van der Waals surface area contributed by atoms with E-state index in [0.29, 0.717) is 12.8 Å². The summed E-state index contributed by atoms with van der Waals surface area (Å²) in [5.74, 6) is -0.0829. The summed E-state index contributed by atoms with van der Waals surface area (Å²) in [5.41, 5.74) is 3.35. The lowest BCUT2D eigenvalue weighted by atomic mass is 10.1. The van der Waals surface area contributed by atoms with E-state index in [-0.39, 0.29) is 12.5 Å². The van der Waals surface area contributed by atoms with Crippen molar-refractivity contribution in [1.29, 1.82) is 0 Å². The average Bonchev–Trinajstić information content (AvgIpc) is 2.56. The molecule has 2 aromatic rings. The summed E-state index contributed by atoms with van der Waals surface area (Å²) in [4.78, 5) is 11.8. The van der Waals surface area contributed by atoms with Gasteiger partial charge >= 0.3 is 0 Å². The van der Waals surface area contributed by atoms with Gasteiger partial charge in [0, 0.05) is 19.4 Å². The van der Waals surface area contributed by atoms with Crippen molar-refractivity contribution in [3.8, 4) is 0 Å². The minimum atomic E-state index is -0.567. The maximum Gasteiger partial charge on any atom is 0.223 e. The van der Waals surface area contributed by atoms with Gasteiger partial charge in [0.1, 0.15) is 0 Å². The number of amides is 1. The Morgan fingerprint density at radius 2 is 1.83 bits per heavy atom. The summed E-state index contributed by atoms with van der Waals surface area (Å²) in [5, 5.41) is 12.7. The van der Waals surface area contributed by atoms with Gasteiger partial charge in [0.25, 0.3) is 0 Å². The molecule has 0 aliphatic heterocycles. The third-order valence-electron chi connectivity index (χ3n) is 3.54. The fourth-order valence-electron chi connectivity index (χ4n) is 2.24. The molecule has 0 bridgehead atoms. The second-order valence-electron chi connectivity index (χ2n) is 5.66. The number of hydrogen-bond donors (Lipinski definition) is 2. The van der Waals surface area contributed by atoms with E-state index in [4.69, 9.17) is 0 Å². The van der Waals surface area contributed by atoms with Gasteiger partial charge < -0.3 is 10.4 Å². The van der Waals surface area contributed by atoms with Gasteiger partial charge in [-0.3, -0.25) is 4.79 Å². The molecule has 0 heterocycles. The standard InChI is InChI=1S/C20H23NO2/c1-16-10-12-17(13-11-16)8-5-9-20(23)21-15-19(22)14-18-6-3-2-4-7-18/h2-8,10-13,19,22H,9,14-15H2,1H3,(H,21,23)/b8-5+. The van der Waals surface area contributed by atoms with Crippen molar-refractivity contribution >= 4 is 12.0 Å². The van der Waals surface area contributed by atoms with Crippen LogP contribution in [0.25, 0.3) is 6.08 Å². The van der Waals surface area contributed by atoms with Crippen molar-refractivity contribution in [1.82, 2.24) is 5.32 Å². The van der Waals surface area contributed by atoms with E-state index in [9.17, 15) is 9.90 Å². The lowest BCUT2D eigenvalue weighted by molar-refractivity contribution is -0.120. The summed E-state index contributed by atoms with van der Waals surface area (Å²) in [6, 6.07) is 17.9. The largest absolute Gasteiger partial charge is 0.391 e. The monoisotopic (exact) mass is 309 g/mol. The van der Waals surface area contributed by atoms with Gasteiger partial charge in [-0.15, -0.1) is 0 Å². The molecule has 120 valence electrons. The fourth-order valence-corrected chi connectivity index (χ4v) is 2.24. The van der Waals surface area contributed by atoms with Crippen LogP contribution in [-0.4, -0.2) is 23.7 Å². The highest BCUT2D eigenvalue weighted by molar-refractivity contribution is 5.78. The quantitative estimate of drug-likeness (QED) is 0.825. The molecule has 3 heteroatoms. The molecule has 0 fully saturated rings. The molecule has 0 aliphatic rings. The zero-order chi connectivity index (χ0) is 16.5. The van der Waals surface area contributed by atoms with Gasteiger partial charge in [-0.2, -0.15) is 0 Å². The molecule has 1 amide bonds. The van der Waals surface area contributed by atoms with Gasteiger partial charge in [-0.05, 0) is 18.1 Å². The number of aliphatic hydroxyl groups excluding tert-OH is 1. The van der Waals surface area contributed by atoms with Crippen LogP contribution in [0.15, 0.2) is 60.7 Å². The molecule has 0 saturated heterocycles. The van der Waals surface area contributed by atoms with Crippen LogP contribution in [0.3, 0.4) is 0 Å². The average molecular weight is 309 g/mol. The first kappa shape index (κ1) is 17.0. The van der Waals surface area contributed by atoms with Crippen LogP contribution in [0.1, 0.15) is 23.1 Å². The number of benzene rings is 2. The number of carbonyl (C=O) groups excluding carboxylic acids is 1. The number of hydrogen-bond acceptors (Lipinski definition) is 2. The van der Waals surface area contributed by atoms with E-state index in [1.54, 1.807) is 0 Å². The molecule has 0 radical (unpaired) electrons. The summed E-state index contributed by atoms with van der Waals surface area (Å²) in [7, 11) is 0. The highest BCUT2D eigenvalue weighted by Crippen LogP contribution is 2.06. The topological polar surface area (TPSA) is 49.3 Å². The third-order valence-corrected chi connectivity index (χ3v) is 3.54. The first-order valence-corrected chi connectivity index (χ1v) is 7.85. The molecular formula is C20H23NO2. The first-order chi connectivity index (χ1) is 11.1.